The normalized spacial score (nSPS) is 11.7. The average Bonchev–Trinajstić information content (AvgIpc) is 2.76. The molecule has 0 aliphatic carbocycles. The summed E-state index contributed by atoms with van der Waals surface area (Å²) in [6, 6.07) is 18.2. The number of rotatable bonds is 7. The zero-order chi connectivity index (χ0) is 25.1. The van der Waals surface area contributed by atoms with Gasteiger partial charge in [0.25, 0.3) is 0 Å². The highest BCUT2D eigenvalue weighted by Crippen LogP contribution is 2.33. The van der Waals surface area contributed by atoms with E-state index in [0.29, 0.717) is 16.9 Å². The van der Waals surface area contributed by atoms with E-state index >= 15 is 0 Å². The van der Waals surface area contributed by atoms with E-state index in [1.807, 2.05) is 24.3 Å². The molecule has 0 saturated heterocycles. The van der Waals surface area contributed by atoms with Crippen LogP contribution in [0.4, 0.5) is 13.2 Å². The Kier molecular flexibility index (Phi) is 7.05. The smallest absolute Gasteiger partial charge is 0.488 e. The molecule has 3 aromatic carbocycles. The Hall–Kier alpha value is -3.74. The number of halogens is 3. The minimum absolute atomic E-state index is 0.0265. The molecule has 0 saturated carbocycles. The Balaban J connectivity index is 1.84. The van der Waals surface area contributed by atoms with Crippen molar-refractivity contribution < 1.29 is 32.5 Å². The van der Waals surface area contributed by atoms with Crippen LogP contribution in [0.15, 0.2) is 73.3 Å². The summed E-state index contributed by atoms with van der Waals surface area (Å²) < 4.78 is 47.0. The molecule has 0 bridgehead atoms. The summed E-state index contributed by atoms with van der Waals surface area (Å²) in [6.07, 6.45) is -4.78. The fraction of sp³-hybridized carbons (Fsp3) is 0.222. The van der Waals surface area contributed by atoms with Gasteiger partial charge in [-0.3, -0.25) is 0 Å². The highest BCUT2D eigenvalue weighted by atomic mass is 19.4. The lowest BCUT2D eigenvalue weighted by molar-refractivity contribution is -0.274. The Morgan fingerprint density at radius 2 is 1.50 bits per heavy atom. The quantitative estimate of drug-likeness (QED) is 0.370. The molecule has 3 rings (SSSR count). The fourth-order valence-electron chi connectivity index (χ4n) is 3.30. The molecule has 7 heteroatoms. The van der Waals surface area contributed by atoms with Crippen LogP contribution in [0, 0.1) is 0 Å². The van der Waals surface area contributed by atoms with Crippen LogP contribution in [0.25, 0.3) is 16.7 Å². The van der Waals surface area contributed by atoms with Crippen molar-refractivity contribution in [2.45, 2.75) is 39.2 Å². The SMILES string of the molecule is C=C(C(=O)O)c1cc(-c2ccc(OC(F)(F)F)cc2)ccc1OCc1ccc(C(C)(C)C)cc1. The zero-order valence-corrected chi connectivity index (χ0v) is 19.1. The third kappa shape index (κ3) is 6.41. The van der Waals surface area contributed by atoms with Crippen LogP contribution in [0.2, 0.25) is 0 Å². The number of hydrogen-bond acceptors (Lipinski definition) is 3. The summed E-state index contributed by atoms with van der Waals surface area (Å²) in [4.78, 5) is 11.6. The van der Waals surface area contributed by atoms with Crippen molar-refractivity contribution in [1.82, 2.24) is 0 Å². The van der Waals surface area contributed by atoms with E-state index in [-0.39, 0.29) is 28.9 Å². The van der Waals surface area contributed by atoms with Crippen LogP contribution in [-0.4, -0.2) is 17.4 Å². The molecule has 178 valence electrons. The summed E-state index contributed by atoms with van der Waals surface area (Å²) in [5.41, 5.74) is 3.44. The molecule has 0 radical (unpaired) electrons. The molecule has 0 atom stereocenters. The fourth-order valence-corrected chi connectivity index (χ4v) is 3.30. The molecular formula is C27H25F3O4. The number of ether oxygens (including phenoxy) is 2. The van der Waals surface area contributed by atoms with Crippen molar-refractivity contribution in [3.8, 4) is 22.6 Å². The summed E-state index contributed by atoms with van der Waals surface area (Å²) >= 11 is 0. The van der Waals surface area contributed by atoms with E-state index in [9.17, 15) is 23.1 Å². The number of carbonyl (C=O) groups is 1. The molecule has 4 nitrogen and oxygen atoms in total. The third-order valence-corrected chi connectivity index (χ3v) is 5.20. The molecule has 0 unspecified atom stereocenters. The van der Waals surface area contributed by atoms with Crippen LogP contribution in [0.1, 0.15) is 37.5 Å². The number of hydrogen-bond donors (Lipinski definition) is 1. The van der Waals surface area contributed by atoms with Gasteiger partial charge in [-0.15, -0.1) is 13.2 Å². The first-order valence-electron chi connectivity index (χ1n) is 10.5. The van der Waals surface area contributed by atoms with Crippen molar-refractivity contribution in [2.75, 3.05) is 0 Å². The molecule has 0 heterocycles. The zero-order valence-electron chi connectivity index (χ0n) is 19.1. The Morgan fingerprint density at radius 1 is 0.912 bits per heavy atom. The summed E-state index contributed by atoms with van der Waals surface area (Å²) in [7, 11) is 0. The van der Waals surface area contributed by atoms with Gasteiger partial charge in [-0.25, -0.2) is 4.79 Å². The van der Waals surface area contributed by atoms with Crippen molar-refractivity contribution >= 4 is 11.5 Å². The van der Waals surface area contributed by atoms with Gasteiger partial charge >= 0.3 is 12.3 Å². The maximum atomic E-state index is 12.4. The number of carboxylic acids is 1. The predicted molar refractivity (Wildman–Crippen MR) is 125 cm³/mol. The van der Waals surface area contributed by atoms with Gasteiger partial charge < -0.3 is 14.6 Å². The molecule has 0 aromatic heterocycles. The second-order valence-electron chi connectivity index (χ2n) is 8.80. The topological polar surface area (TPSA) is 55.8 Å². The van der Waals surface area contributed by atoms with Crippen LogP contribution >= 0.6 is 0 Å². The van der Waals surface area contributed by atoms with Gasteiger partial charge in [-0.1, -0.05) is 69.8 Å². The third-order valence-electron chi connectivity index (χ3n) is 5.20. The Bertz CT molecular complexity index is 1170. The van der Waals surface area contributed by atoms with E-state index in [4.69, 9.17) is 4.74 Å². The van der Waals surface area contributed by atoms with E-state index < -0.39 is 12.3 Å². The monoisotopic (exact) mass is 470 g/mol. The van der Waals surface area contributed by atoms with Gasteiger partial charge in [0.15, 0.2) is 0 Å². The molecule has 3 aromatic rings. The number of benzene rings is 3. The maximum Gasteiger partial charge on any atom is 0.573 e. The summed E-state index contributed by atoms with van der Waals surface area (Å²) in [5, 5.41) is 9.48. The van der Waals surface area contributed by atoms with Crippen LogP contribution in [-0.2, 0) is 16.8 Å². The van der Waals surface area contributed by atoms with Crippen LogP contribution in [0.5, 0.6) is 11.5 Å². The standard InChI is InChI=1S/C27H25F3O4/c1-17(25(31)32)23-15-20(19-7-12-22(13-8-19)34-27(28,29)30)9-14-24(23)33-16-18-5-10-21(11-6-18)26(2,3)4/h5-15H,1,16H2,2-4H3,(H,31,32). The van der Waals surface area contributed by atoms with E-state index in [1.165, 1.54) is 29.8 Å². The van der Waals surface area contributed by atoms with Crippen molar-refractivity contribution in [2.24, 2.45) is 0 Å². The molecule has 0 aliphatic heterocycles. The van der Waals surface area contributed by atoms with Gasteiger partial charge in [-0.05, 0) is 51.9 Å². The number of carboxylic acid groups (broad SMARTS) is 1. The van der Waals surface area contributed by atoms with Gasteiger partial charge in [0.1, 0.15) is 18.1 Å². The largest absolute Gasteiger partial charge is 0.573 e. The predicted octanol–water partition coefficient (Wildman–Crippen LogP) is 7.23. The van der Waals surface area contributed by atoms with Gasteiger partial charge in [0.2, 0.25) is 0 Å². The highest BCUT2D eigenvalue weighted by Gasteiger charge is 2.31. The van der Waals surface area contributed by atoms with Crippen molar-refractivity contribution in [3.63, 3.8) is 0 Å². The molecular weight excluding hydrogens is 445 g/mol. The molecule has 0 fully saturated rings. The Labute approximate surface area is 196 Å². The Morgan fingerprint density at radius 3 is 2.03 bits per heavy atom. The average molecular weight is 470 g/mol. The minimum atomic E-state index is -4.78. The minimum Gasteiger partial charge on any atom is -0.488 e. The summed E-state index contributed by atoms with van der Waals surface area (Å²) in [5.74, 6) is -1.21. The van der Waals surface area contributed by atoms with Crippen LogP contribution in [0.3, 0.4) is 0 Å². The van der Waals surface area contributed by atoms with E-state index in [1.54, 1.807) is 18.2 Å². The molecule has 34 heavy (non-hydrogen) atoms. The first kappa shape index (κ1) is 24.9. The van der Waals surface area contributed by atoms with Crippen LogP contribution < -0.4 is 9.47 Å². The van der Waals surface area contributed by atoms with Crippen molar-refractivity contribution in [3.05, 3.63) is 90.0 Å². The highest BCUT2D eigenvalue weighted by molar-refractivity contribution is 6.15. The van der Waals surface area contributed by atoms with Crippen molar-refractivity contribution in [1.29, 1.82) is 0 Å². The second kappa shape index (κ2) is 9.63. The lowest BCUT2D eigenvalue weighted by Crippen LogP contribution is -2.16. The van der Waals surface area contributed by atoms with Gasteiger partial charge in [0, 0.05) is 5.56 Å². The second-order valence-corrected chi connectivity index (χ2v) is 8.80. The molecule has 0 amide bonds. The lowest BCUT2D eigenvalue weighted by atomic mass is 9.87. The van der Waals surface area contributed by atoms with E-state index in [0.717, 1.165) is 5.56 Å². The maximum absolute atomic E-state index is 12.4. The molecule has 0 spiro atoms. The first-order valence-corrected chi connectivity index (χ1v) is 10.5. The first-order chi connectivity index (χ1) is 15.8. The lowest BCUT2D eigenvalue weighted by Gasteiger charge is -2.19. The van der Waals surface area contributed by atoms with Gasteiger partial charge in [-0.2, -0.15) is 0 Å². The van der Waals surface area contributed by atoms with Gasteiger partial charge in [0.05, 0.1) is 5.57 Å². The van der Waals surface area contributed by atoms with E-state index in [2.05, 4.69) is 32.1 Å². The molecule has 0 aliphatic rings. The number of aliphatic carboxylic acids is 1. The molecule has 1 N–H and O–H groups in total. The number of alkyl halides is 3. The summed E-state index contributed by atoms with van der Waals surface area (Å²) in [6.45, 7) is 10.2.